The lowest BCUT2D eigenvalue weighted by Crippen LogP contribution is -2.42. The summed E-state index contributed by atoms with van der Waals surface area (Å²) in [6.07, 6.45) is -1.66. The third kappa shape index (κ3) is 8.01. The number of pyridine rings is 2. The predicted molar refractivity (Wildman–Crippen MR) is 185 cm³/mol. The van der Waals surface area contributed by atoms with Crippen LogP contribution in [-0.2, 0) is 17.5 Å². The van der Waals surface area contributed by atoms with Crippen LogP contribution in [0.4, 0.5) is 23.8 Å². The lowest BCUT2D eigenvalue weighted by molar-refractivity contribution is -0.140. The number of morpholine rings is 1. The smallest absolute Gasteiger partial charge is 0.379 e. The van der Waals surface area contributed by atoms with Gasteiger partial charge in [0.25, 0.3) is 5.91 Å². The van der Waals surface area contributed by atoms with Crippen molar-refractivity contribution in [3.8, 4) is 21.7 Å². The number of aromatic nitrogens is 3. The molecule has 0 unspecified atom stereocenters. The fourth-order valence-electron chi connectivity index (χ4n) is 5.66. The Bertz CT molecular complexity index is 2060. The number of nitrogens with one attached hydrogen (secondary N) is 3. The normalized spacial score (nSPS) is 13.7. The molecule has 11 nitrogen and oxygen atoms in total. The van der Waals surface area contributed by atoms with E-state index >= 15 is 0 Å². The number of benzene rings is 2. The summed E-state index contributed by atoms with van der Waals surface area (Å²) in [5.74, 6) is -0.369. The van der Waals surface area contributed by atoms with Gasteiger partial charge in [0.05, 0.1) is 18.7 Å². The van der Waals surface area contributed by atoms with Crippen LogP contribution in [0.25, 0.3) is 32.6 Å². The molecule has 1 saturated heterocycles. The van der Waals surface area contributed by atoms with Crippen molar-refractivity contribution in [1.29, 1.82) is 0 Å². The number of hydrogen-bond donors (Lipinski definition) is 3. The Hall–Kier alpha value is -5.12. The van der Waals surface area contributed by atoms with E-state index in [1.54, 1.807) is 31.3 Å². The van der Waals surface area contributed by atoms with Crippen molar-refractivity contribution in [1.82, 2.24) is 30.1 Å². The van der Waals surface area contributed by atoms with Crippen LogP contribution in [0, 0.1) is 0 Å². The molecule has 0 radical (unpaired) electrons. The van der Waals surface area contributed by atoms with E-state index in [1.165, 1.54) is 12.3 Å². The molecule has 0 saturated carbocycles. The van der Waals surface area contributed by atoms with E-state index in [0.29, 0.717) is 67.0 Å². The number of nitrogens with zero attached hydrogens (tertiary/aromatic N) is 4. The summed E-state index contributed by atoms with van der Waals surface area (Å²) < 4.78 is 47.9. The monoisotopic (exact) mass is 705 g/mol. The Morgan fingerprint density at radius 3 is 2.52 bits per heavy atom. The minimum atomic E-state index is -4.65. The second-order valence-electron chi connectivity index (χ2n) is 11.6. The second-order valence-corrected chi connectivity index (χ2v) is 12.4. The summed E-state index contributed by atoms with van der Waals surface area (Å²) in [6.45, 7) is 6.24. The molecule has 0 atom stereocenters. The van der Waals surface area contributed by atoms with Crippen LogP contribution in [0.15, 0.2) is 77.2 Å². The van der Waals surface area contributed by atoms with Gasteiger partial charge in [-0.15, -0.1) is 11.3 Å². The van der Waals surface area contributed by atoms with Crippen LogP contribution in [0.5, 0.6) is 0 Å². The highest BCUT2D eigenvalue weighted by Crippen LogP contribution is 2.39. The van der Waals surface area contributed by atoms with Crippen LogP contribution in [0.2, 0.25) is 0 Å². The van der Waals surface area contributed by atoms with Gasteiger partial charge in [-0.05, 0) is 36.2 Å². The van der Waals surface area contributed by atoms with Gasteiger partial charge in [0, 0.05) is 73.6 Å². The third-order valence-electron chi connectivity index (χ3n) is 8.16. The van der Waals surface area contributed by atoms with Crippen LogP contribution < -0.4 is 21.4 Å². The quantitative estimate of drug-likeness (QED) is 0.176. The molecule has 3 N–H and O–H groups in total. The van der Waals surface area contributed by atoms with Crippen molar-refractivity contribution in [3.05, 3.63) is 99.4 Å². The van der Waals surface area contributed by atoms with Crippen molar-refractivity contribution in [2.24, 2.45) is 0 Å². The van der Waals surface area contributed by atoms with Gasteiger partial charge < -0.3 is 19.9 Å². The van der Waals surface area contributed by atoms with Crippen molar-refractivity contribution in [2.75, 3.05) is 51.3 Å². The predicted octanol–water partition coefficient (Wildman–Crippen LogP) is 5.46. The van der Waals surface area contributed by atoms with Gasteiger partial charge in [-0.3, -0.25) is 19.8 Å². The number of amides is 3. The number of carbonyl (C=O) groups is 2. The maximum atomic E-state index is 13.8. The zero-order valence-electron chi connectivity index (χ0n) is 27.0. The number of urea groups is 1. The van der Waals surface area contributed by atoms with Gasteiger partial charge in [0.2, 0.25) is 5.43 Å². The lowest BCUT2D eigenvalue weighted by Gasteiger charge is -2.26. The standard InChI is InChI=1S/C35H34F3N7O4S/c1-2-39-34(48)43-30-17-25(33-42-29(21-50-33)35(36,37)38)26(18-41-30)23-8-9-24-28(16-23)45(19-22-6-4-3-5-7-22)20-27(31(24)46)32(47)40-10-11-44-12-14-49-15-13-44/h3-9,16-18,20-21H,2,10-15,19H2,1H3,(H,40,47)(H2,39,41,43,48). The average Bonchev–Trinajstić information content (AvgIpc) is 3.62. The Morgan fingerprint density at radius 1 is 1.02 bits per heavy atom. The van der Waals surface area contributed by atoms with E-state index in [9.17, 15) is 27.6 Å². The van der Waals surface area contributed by atoms with Crippen molar-refractivity contribution < 1.29 is 27.5 Å². The molecule has 5 aromatic rings. The minimum absolute atomic E-state index is 0.00577. The number of carbonyl (C=O) groups excluding carboxylic acids is 2. The molecule has 0 aliphatic carbocycles. The molecule has 1 aliphatic heterocycles. The number of halogens is 3. The molecule has 1 fully saturated rings. The van der Waals surface area contributed by atoms with Crippen molar-refractivity contribution in [2.45, 2.75) is 19.6 Å². The van der Waals surface area contributed by atoms with Crippen LogP contribution in [0.1, 0.15) is 28.5 Å². The molecule has 0 bridgehead atoms. The first-order valence-corrected chi connectivity index (χ1v) is 16.9. The topological polar surface area (TPSA) is 130 Å². The number of fused-ring (bicyclic) bond motifs is 1. The summed E-state index contributed by atoms with van der Waals surface area (Å²) in [7, 11) is 0. The Kier molecular flexibility index (Phi) is 10.6. The van der Waals surface area contributed by atoms with E-state index in [1.807, 2.05) is 34.9 Å². The molecule has 2 aromatic carbocycles. The lowest BCUT2D eigenvalue weighted by atomic mass is 9.99. The second kappa shape index (κ2) is 15.2. The molecule has 6 rings (SSSR count). The first-order chi connectivity index (χ1) is 24.1. The number of hydrogen-bond acceptors (Lipinski definition) is 8. The first kappa shape index (κ1) is 34.7. The summed E-state index contributed by atoms with van der Waals surface area (Å²) in [4.78, 5) is 49.8. The molecule has 15 heteroatoms. The summed E-state index contributed by atoms with van der Waals surface area (Å²) >= 11 is 0.812. The number of ether oxygens (including phenoxy) is 1. The molecule has 4 heterocycles. The van der Waals surface area contributed by atoms with E-state index < -0.39 is 29.2 Å². The number of alkyl halides is 3. The summed E-state index contributed by atoms with van der Waals surface area (Å²) in [5.41, 5.74) is 1.21. The van der Waals surface area contributed by atoms with Crippen LogP contribution in [-0.4, -0.2) is 77.3 Å². The summed E-state index contributed by atoms with van der Waals surface area (Å²) in [6, 6.07) is 15.5. The van der Waals surface area contributed by atoms with Gasteiger partial charge in [0.1, 0.15) is 16.4 Å². The molecule has 3 aromatic heterocycles. The van der Waals surface area contributed by atoms with Crippen molar-refractivity contribution in [3.63, 3.8) is 0 Å². The van der Waals surface area contributed by atoms with Crippen LogP contribution in [0.3, 0.4) is 0 Å². The molecule has 0 spiro atoms. The first-order valence-electron chi connectivity index (χ1n) is 16.0. The molecular weight excluding hydrogens is 671 g/mol. The molecule has 260 valence electrons. The maximum absolute atomic E-state index is 13.8. The van der Waals surface area contributed by atoms with Gasteiger partial charge in [-0.2, -0.15) is 13.2 Å². The van der Waals surface area contributed by atoms with Crippen LogP contribution >= 0.6 is 11.3 Å². The summed E-state index contributed by atoms with van der Waals surface area (Å²) in [5, 5.41) is 9.37. The average molecular weight is 706 g/mol. The van der Waals surface area contributed by atoms with Gasteiger partial charge in [-0.1, -0.05) is 36.4 Å². The molecule has 3 amide bonds. The zero-order valence-corrected chi connectivity index (χ0v) is 27.9. The highest BCUT2D eigenvalue weighted by molar-refractivity contribution is 7.13. The largest absolute Gasteiger partial charge is 0.434 e. The SMILES string of the molecule is CCNC(=O)Nc1cc(-c2nc(C(F)(F)F)cs2)c(-c2ccc3c(=O)c(C(=O)NCCN4CCOCC4)cn(Cc4ccccc4)c3c2)cn1. The Balaban J connectivity index is 1.42. The number of rotatable bonds is 10. The maximum Gasteiger partial charge on any atom is 0.434 e. The molecular formula is C35H34F3N7O4S. The number of anilines is 1. The highest BCUT2D eigenvalue weighted by atomic mass is 32.1. The highest BCUT2D eigenvalue weighted by Gasteiger charge is 2.34. The fraction of sp³-hybridized carbons (Fsp3) is 0.286. The van der Waals surface area contributed by atoms with Gasteiger partial charge in [-0.25, -0.2) is 14.8 Å². The van der Waals surface area contributed by atoms with Gasteiger partial charge in [0.15, 0.2) is 5.69 Å². The van der Waals surface area contributed by atoms with E-state index in [-0.39, 0.29) is 16.4 Å². The van der Waals surface area contributed by atoms with E-state index in [0.717, 1.165) is 35.4 Å². The van der Waals surface area contributed by atoms with Gasteiger partial charge >= 0.3 is 12.2 Å². The minimum Gasteiger partial charge on any atom is -0.379 e. The Labute approximate surface area is 289 Å². The van der Waals surface area contributed by atoms with E-state index in [4.69, 9.17) is 4.74 Å². The zero-order chi connectivity index (χ0) is 35.3. The number of thiazole rings is 1. The Morgan fingerprint density at radius 2 is 1.80 bits per heavy atom. The fourth-order valence-corrected chi connectivity index (χ4v) is 6.51. The van der Waals surface area contributed by atoms with E-state index in [2.05, 4.69) is 30.8 Å². The molecule has 50 heavy (non-hydrogen) atoms. The molecule has 1 aliphatic rings. The van der Waals surface area contributed by atoms with Crippen molar-refractivity contribution >= 4 is 40.0 Å². The third-order valence-corrected chi connectivity index (χ3v) is 9.03.